The van der Waals surface area contributed by atoms with Crippen molar-refractivity contribution in [2.45, 2.75) is 25.9 Å². The third-order valence-corrected chi connectivity index (χ3v) is 9.96. The molecule has 2 aromatic heterocycles. The average Bonchev–Trinajstić information content (AvgIpc) is 3.22. The Morgan fingerprint density at radius 1 is 0.661 bits per heavy atom. The lowest BCUT2D eigenvalue weighted by Crippen LogP contribution is -2.36. The van der Waals surface area contributed by atoms with Crippen LogP contribution in [0.25, 0.3) is 21.9 Å². The van der Waals surface area contributed by atoms with Gasteiger partial charge < -0.3 is 49.0 Å². The molecule has 314 valence electrons. The molecule has 2 aliphatic rings. The molecule has 0 bridgehead atoms. The molecule has 3 aromatic carbocycles. The van der Waals surface area contributed by atoms with Crippen molar-refractivity contribution in [2.24, 2.45) is 5.73 Å². The number of rotatable bonds is 8. The summed E-state index contributed by atoms with van der Waals surface area (Å²) in [5, 5.41) is 3.48. The Balaban J connectivity index is 0.000000208. The maximum Gasteiger partial charge on any atom is 0.253 e. The first-order valence-corrected chi connectivity index (χ1v) is 19.0. The Bertz CT molecular complexity index is 2470. The van der Waals surface area contributed by atoms with Crippen molar-refractivity contribution < 1.29 is 41.1 Å². The lowest BCUT2D eigenvalue weighted by Gasteiger charge is -2.27. The van der Waals surface area contributed by atoms with Crippen LogP contribution < -0.4 is 31.7 Å². The molecule has 14 nitrogen and oxygen atoms in total. The molecule has 17 heteroatoms. The highest BCUT2D eigenvalue weighted by Crippen LogP contribution is 2.32. The second-order valence-corrected chi connectivity index (χ2v) is 14.8. The zero-order valence-electron chi connectivity index (χ0n) is 33.7. The van der Waals surface area contributed by atoms with Gasteiger partial charge in [0.25, 0.3) is 11.8 Å². The fourth-order valence-corrected chi connectivity index (χ4v) is 6.81. The van der Waals surface area contributed by atoms with E-state index in [1.165, 1.54) is 28.0 Å². The molecule has 59 heavy (non-hydrogen) atoms. The second kappa shape index (κ2) is 17.9. The topological polar surface area (TPSA) is 164 Å². The first-order chi connectivity index (χ1) is 28.0. The normalized spacial score (nSPS) is 15.4. The van der Waals surface area contributed by atoms with Crippen molar-refractivity contribution in [3.8, 4) is 0 Å². The molecule has 2 aliphatic heterocycles. The van der Waals surface area contributed by atoms with Crippen molar-refractivity contribution in [1.29, 1.82) is 0 Å². The SMILES string of the molecule is CC(N)c1cc(C(=O)N(C)C)cc2c(=O)cc(N3CCOCC3)oc12.CC(Nc1cc(F)c(F)c(F)c1)c1cc(C(=O)N(C)C)cc2c(=O)cc(N3CCOCC3)oc12. The maximum atomic E-state index is 13.7. The standard InChI is InChI=1S/C24H24F3N3O4.C18H23N3O4/c1-13(28-15-10-18(25)22(27)19(26)11-15)16-8-14(24(32)29(2)3)9-17-20(31)12-21(34-23(16)17)30-4-6-33-7-5-30;1-11(19)13-8-12(18(23)20(2)3)9-14-15(22)10-16(25-17(13)14)21-4-6-24-7-5-21/h8-13,28H,4-7H2,1-3H3;8-11H,4-7,19H2,1-3H3. The summed E-state index contributed by atoms with van der Waals surface area (Å²) < 4.78 is 63.7. The fourth-order valence-electron chi connectivity index (χ4n) is 6.81. The van der Waals surface area contributed by atoms with E-state index in [0.29, 0.717) is 92.0 Å². The molecule has 0 spiro atoms. The monoisotopic (exact) mass is 820 g/mol. The van der Waals surface area contributed by atoms with Gasteiger partial charge in [0, 0.05) is 113 Å². The van der Waals surface area contributed by atoms with E-state index in [9.17, 15) is 32.3 Å². The highest BCUT2D eigenvalue weighted by Gasteiger charge is 2.24. The van der Waals surface area contributed by atoms with Crippen LogP contribution >= 0.6 is 0 Å². The van der Waals surface area contributed by atoms with E-state index in [2.05, 4.69) is 5.32 Å². The Hall–Kier alpha value is -5.91. The van der Waals surface area contributed by atoms with Gasteiger partial charge in [-0.1, -0.05) is 0 Å². The van der Waals surface area contributed by atoms with Gasteiger partial charge in [-0.15, -0.1) is 0 Å². The van der Waals surface area contributed by atoms with Crippen LogP contribution in [0.3, 0.4) is 0 Å². The smallest absolute Gasteiger partial charge is 0.253 e. The van der Waals surface area contributed by atoms with Crippen molar-refractivity contribution in [3.05, 3.63) is 109 Å². The van der Waals surface area contributed by atoms with Gasteiger partial charge in [0.15, 0.2) is 40.1 Å². The molecule has 5 aromatic rings. The van der Waals surface area contributed by atoms with Gasteiger partial charge in [0.2, 0.25) is 0 Å². The molecule has 3 N–H and O–H groups in total. The van der Waals surface area contributed by atoms with Crippen LogP contribution in [0.2, 0.25) is 0 Å². The number of hydrogen-bond acceptors (Lipinski definition) is 12. The molecular formula is C42H47F3N6O8. The summed E-state index contributed by atoms with van der Waals surface area (Å²) in [7, 11) is 6.51. The van der Waals surface area contributed by atoms with Crippen molar-refractivity contribution in [2.75, 3.05) is 95.9 Å². The molecule has 2 atom stereocenters. The number of hydrogen-bond donors (Lipinski definition) is 2. The first-order valence-electron chi connectivity index (χ1n) is 19.0. The van der Waals surface area contributed by atoms with Crippen LogP contribution in [0.15, 0.2) is 67.0 Å². The highest BCUT2D eigenvalue weighted by molar-refractivity contribution is 5.99. The zero-order chi connectivity index (χ0) is 42.7. The van der Waals surface area contributed by atoms with Crippen LogP contribution in [0.4, 0.5) is 30.6 Å². The predicted octanol–water partition coefficient (Wildman–Crippen LogP) is 5.27. The summed E-state index contributed by atoms with van der Waals surface area (Å²) >= 11 is 0. The lowest BCUT2D eigenvalue weighted by molar-refractivity contribution is 0.0820. The van der Waals surface area contributed by atoms with Crippen LogP contribution in [0.1, 0.15) is 57.8 Å². The summed E-state index contributed by atoms with van der Waals surface area (Å²) in [5.74, 6) is -3.88. The largest absolute Gasteiger partial charge is 0.440 e. The van der Waals surface area contributed by atoms with Gasteiger partial charge in [-0.3, -0.25) is 19.2 Å². The molecule has 0 saturated carbocycles. The van der Waals surface area contributed by atoms with E-state index in [4.69, 9.17) is 24.0 Å². The molecule has 7 rings (SSSR count). The maximum absolute atomic E-state index is 13.7. The Kier molecular flexibility index (Phi) is 13.0. The summed E-state index contributed by atoms with van der Waals surface area (Å²) in [4.78, 5) is 57.4. The van der Waals surface area contributed by atoms with Gasteiger partial charge in [-0.05, 0) is 38.1 Å². The molecular weight excluding hydrogens is 773 g/mol. The van der Waals surface area contributed by atoms with E-state index < -0.39 is 23.5 Å². The van der Waals surface area contributed by atoms with Gasteiger partial charge in [-0.25, -0.2) is 13.2 Å². The number of amides is 2. The quantitative estimate of drug-likeness (QED) is 0.195. The number of ether oxygens (including phenoxy) is 2. The third kappa shape index (κ3) is 9.37. The summed E-state index contributed by atoms with van der Waals surface area (Å²) in [6, 6.07) is 9.82. The number of benzene rings is 3. The van der Waals surface area contributed by atoms with Crippen molar-refractivity contribution >= 4 is 51.2 Å². The van der Waals surface area contributed by atoms with Gasteiger partial charge in [0.05, 0.1) is 43.2 Å². The van der Waals surface area contributed by atoms with E-state index in [1.807, 2.05) is 9.80 Å². The molecule has 2 fully saturated rings. The van der Waals surface area contributed by atoms with Crippen molar-refractivity contribution in [1.82, 2.24) is 9.80 Å². The molecule has 2 amide bonds. The number of morpholine rings is 2. The highest BCUT2D eigenvalue weighted by atomic mass is 19.2. The average molecular weight is 821 g/mol. The minimum atomic E-state index is -1.57. The van der Waals surface area contributed by atoms with E-state index >= 15 is 0 Å². The number of nitrogens with one attached hydrogen (secondary N) is 1. The Labute approximate surface area is 337 Å². The molecule has 2 saturated heterocycles. The number of carbonyl (C=O) groups is 2. The lowest BCUT2D eigenvalue weighted by atomic mass is 9.99. The van der Waals surface area contributed by atoms with Crippen LogP contribution in [0.5, 0.6) is 0 Å². The van der Waals surface area contributed by atoms with E-state index in [1.54, 1.807) is 60.2 Å². The van der Waals surface area contributed by atoms with E-state index in [0.717, 1.165) is 12.1 Å². The predicted molar refractivity (Wildman–Crippen MR) is 218 cm³/mol. The number of nitrogens with two attached hydrogens (primary N) is 1. The summed E-state index contributed by atoms with van der Waals surface area (Å²) in [6.45, 7) is 8.08. The Morgan fingerprint density at radius 2 is 1.07 bits per heavy atom. The molecule has 4 heterocycles. The molecule has 0 aliphatic carbocycles. The molecule has 0 radical (unpaired) electrons. The minimum absolute atomic E-state index is 0.00642. The summed E-state index contributed by atoms with van der Waals surface area (Å²) in [6.07, 6.45) is 0. The van der Waals surface area contributed by atoms with Crippen LogP contribution in [-0.4, -0.2) is 102 Å². The first kappa shape index (κ1) is 42.7. The van der Waals surface area contributed by atoms with E-state index in [-0.39, 0.29) is 50.9 Å². The van der Waals surface area contributed by atoms with Crippen molar-refractivity contribution in [3.63, 3.8) is 0 Å². The molecule has 2 unspecified atom stereocenters. The van der Waals surface area contributed by atoms with Gasteiger partial charge in [0.1, 0.15) is 11.2 Å². The number of carbonyl (C=O) groups excluding carboxylic acids is 2. The van der Waals surface area contributed by atoms with Crippen LogP contribution in [0, 0.1) is 17.5 Å². The fraction of sp³-hybridized carbons (Fsp3) is 0.381. The van der Waals surface area contributed by atoms with Gasteiger partial charge >= 0.3 is 0 Å². The minimum Gasteiger partial charge on any atom is -0.440 e. The number of halogens is 3. The van der Waals surface area contributed by atoms with Crippen LogP contribution in [-0.2, 0) is 9.47 Å². The number of fused-ring (bicyclic) bond motifs is 2. The zero-order valence-corrected chi connectivity index (χ0v) is 33.7. The number of anilines is 3. The Morgan fingerprint density at radius 3 is 1.47 bits per heavy atom. The number of nitrogens with zero attached hydrogens (tertiary/aromatic N) is 4. The second-order valence-electron chi connectivity index (χ2n) is 14.8. The third-order valence-electron chi connectivity index (χ3n) is 9.96. The van der Waals surface area contributed by atoms with Gasteiger partial charge in [-0.2, -0.15) is 0 Å². The summed E-state index contributed by atoms with van der Waals surface area (Å²) in [5.41, 5.74) is 8.01.